The molecule has 124 valence electrons. The van der Waals surface area contributed by atoms with Gasteiger partial charge in [-0.1, -0.05) is 18.2 Å². The second-order valence-corrected chi connectivity index (χ2v) is 6.33. The normalized spacial score (nSPS) is 24.7. The summed E-state index contributed by atoms with van der Waals surface area (Å²) in [5.74, 6) is 0.0239. The minimum Gasteiger partial charge on any atom is -0.378 e. The van der Waals surface area contributed by atoms with Crippen molar-refractivity contribution in [2.75, 3.05) is 25.1 Å². The number of carbonyl (C=O) groups excluding carboxylic acids is 2. The van der Waals surface area contributed by atoms with Gasteiger partial charge in [0.15, 0.2) is 0 Å². The third-order valence-electron chi connectivity index (χ3n) is 4.77. The highest BCUT2D eigenvalue weighted by Crippen LogP contribution is 2.24. The molecule has 2 heterocycles. The number of amides is 2. The molecule has 2 saturated heterocycles. The van der Waals surface area contributed by atoms with Gasteiger partial charge in [0.05, 0.1) is 12.5 Å². The van der Waals surface area contributed by atoms with E-state index in [0.717, 1.165) is 38.0 Å². The molecule has 0 spiro atoms. The van der Waals surface area contributed by atoms with Crippen molar-refractivity contribution >= 4 is 17.5 Å². The van der Waals surface area contributed by atoms with Crippen LogP contribution in [-0.4, -0.2) is 49.1 Å². The van der Waals surface area contributed by atoms with E-state index in [2.05, 4.69) is 0 Å². The molecule has 0 bridgehead atoms. The van der Waals surface area contributed by atoms with Crippen LogP contribution in [0.1, 0.15) is 32.1 Å². The van der Waals surface area contributed by atoms with E-state index in [1.807, 2.05) is 30.3 Å². The molecule has 2 fully saturated rings. The van der Waals surface area contributed by atoms with Crippen LogP contribution in [0.15, 0.2) is 30.3 Å². The predicted molar refractivity (Wildman–Crippen MR) is 88.2 cm³/mol. The molecule has 0 aromatic heterocycles. The summed E-state index contributed by atoms with van der Waals surface area (Å²) in [7, 11) is 1.74. The van der Waals surface area contributed by atoms with Gasteiger partial charge in [-0.25, -0.2) is 0 Å². The molecule has 2 amide bonds. The van der Waals surface area contributed by atoms with Crippen LogP contribution < -0.4 is 4.90 Å². The molecule has 5 heteroatoms. The lowest BCUT2D eigenvalue weighted by Crippen LogP contribution is -2.53. The molecule has 2 atom stereocenters. The van der Waals surface area contributed by atoms with Crippen LogP contribution in [0.25, 0.3) is 0 Å². The van der Waals surface area contributed by atoms with Crippen molar-refractivity contribution in [2.45, 2.75) is 44.2 Å². The number of para-hydroxylation sites is 1. The maximum atomic E-state index is 12.8. The zero-order chi connectivity index (χ0) is 16.2. The molecule has 3 rings (SSSR count). The second-order valence-electron chi connectivity index (χ2n) is 6.33. The lowest BCUT2D eigenvalue weighted by Gasteiger charge is -2.37. The minimum absolute atomic E-state index is 0.00478. The number of carbonyl (C=O) groups is 2. The van der Waals surface area contributed by atoms with Gasteiger partial charge < -0.3 is 14.5 Å². The molecule has 0 saturated carbocycles. The predicted octanol–water partition coefficient (Wildman–Crippen LogP) is 2.21. The zero-order valence-electron chi connectivity index (χ0n) is 13.6. The Labute approximate surface area is 137 Å². The highest BCUT2D eigenvalue weighted by atomic mass is 16.5. The Morgan fingerprint density at radius 3 is 2.74 bits per heavy atom. The van der Waals surface area contributed by atoms with Gasteiger partial charge >= 0.3 is 0 Å². The van der Waals surface area contributed by atoms with E-state index < -0.39 is 0 Å². The van der Waals surface area contributed by atoms with Crippen molar-refractivity contribution in [3.8, 4) is 0 Å². The molecule has 5 nitrogen and oxygen atoms in total. The number of likely N-dealkylation sites (N-methyl/N-ethyl adjacent to an activating group) is 1. The lowest BCUT2D eigenvalue weighted by atomic mass is 10.0. The first kappa shape index (κ1) is 16.0. The van der Waals surface area contributed by atoms with Crippen LogP contribution >= 0.6 is 0 Å². The number of rotatable bonds is 4. The second kappa shape index (κ2) is 7.13. The standard InChI is InChI=1S/C18H24N2O3/c1-19(17(21)13-15-9-6-12-23-15)16-10-5-11-20(18(16)22)14-7-3-2-4-8-14/h2-4,7-8,15-16H,5-6,9-13H2,1H3. The fourth-order valence-corrected chi connectivity index (χ4v) is 3.40. The average Bonchev–Trinajstić information content (AvgIpc) is 3.08. The smallest absolute Gasteiger partial charge is 0.249 e. The largest absolute Gasteiger partial charge is 0.378 e. The van der Waals surface area contributed by atoms with E-state index in [-0.39, 0.29) is 24.0 Å². The van der Waals surface area contributed by atoms with Crippen molar-refractivity contribution in [3.05, 3.63) is 30.3 Å². The summed E-state index contributed by atoms with van der Waals surface area (Å²) in [5.41, 5.74) is 0.905. The van der Waals surface area contributed by atoms with Crippen molar-refractivity contribution in [1.29, 1.82) is 0 Å². The lowest BCUT2D eigenvalue weighted by molar-refractivity contribution is -0.140. The van der Waals surface area contributed by atoms with Crippen LogP contribution in [0, 0.1) is 0 Å². The summed E-state index contributed by atoms with van der Waals surface area (Å²) in [6.45, 7) is 1.46. The SMILES string of the molecule is CN(C(=O)CC1CCCO1)C1CCCN(c2ccccc2)C1=O. The van der Waals surface area contributed by atoms with Gasteiger partial charge in [-0.2, -0.15) is 0 Å². The summed E-state index contributed by atoms with van der Waals surface area (Å²) in [5, 5.41) is 0. The van der Waals surface area contributed by atoms with Gasteiger partial charge in [0.1, 0.15) is 6.04 Å². The van der Waals surface area contributed by atoms with E-state index in [0.29, 0.717) is 13.0 Å². The summed E-state index contributed by atoms with van der Waals surface area (Å²) in [6, 6.07) is 9.31. The number of benzene rings is 1. The molecule has 0 radical (unpaired) electrons. The third kappa shape index (κ3) is 3.55. The quantitative estimate of drug-likeness (QED) is 0.856. The number of ether oxygens (including phenoxy) is 1. The van der Waals surface area contributed by atoms with E-state index in [1.165, 1.54) is 0 Å². The fraction of sp³-hybridized carbons (Fsp3) is 0.556. The van der Waals surface area contributed by atoms with Crippen LogP contribution in [0.4, 0.5) is 5.69 Å². The van der Waals surface area contributed by atoms with E-state index in [4.69, 9.17) is 4.74 Å². The van der Waals surface area contributed by atoms with E-state index >= 15 is 0 Å². The Kier molecular flexibility index (Phi) is 4.96. The van der Waals surface area contributed by atoms with Gasteiger partial charge in [0.2, 0.25) is 11.8 Å². The van der Waals surface area contributed by atoms with Gasteiger partial charge in [-0.3, -0.25) is 9.59 Å². The van der Waals surface area contributed by atoms with Crippen LogP contribution in [-0.2, 0) is 14.3 Å². The zero-order valence-corrected chi connectivity index (χ0v) is 13.6. The molecule has 23 heavy (non-hydrogen) atoms. The Bertz CT molecular complexity index is 555. The maximum Gasteiger partial charge on any atom is 0.249 e. The van der Waals surface area contributed by atoms with E-state index in [1.54, 1.807) is 16.8 Å². The van der Waals surface area contributed by atoms with Crippen molar-refractivity contribution < 1.29 is 14.3 Å². The van der Waals surface area contributed by atoms with E-state index in [9.17, 15) is 9.59 Å². The summed E-state index contributed by atoms with van der Waals surface area (Å²) in [6.07, 6.45) is 4.00. The number of hydrogen-bond acceptors (Lipinski definition) is 3. The van der Waals surface area contributed by atoms with Crippen molar-refractivity contribution in [2.24, 2.45) is 0 Å². The van der Waals surface area contributed by atoms with Crippen molar-refractivity contribution in [1.82, 2.24) is 4.90 Å². The molecule has 0 N–H and O–H groups in total. The monoisotopic (exact) mass is 316 g/mol. The minimum atomic E-state index is -0.363. The number of hydrogen-bond donors (Lipinski definition) is 0. The molecular formula is C18H24N2O3. The summed E-state index contributed by atoms with van der Waals surface area (Å²) in [4.78, 5) is 28.7. The molecule has 1 aromatic rings. The Morgan fingerprint density at radius 2 is 2.04 bits per heavy atom. The Hall–Kier alpha value is -1.88. The van der Waals surface area contributed by atoms with Gasteiger partial charge in [0.25, 0.3) is 0 Å². The first-order valence-corrected chi connectivity index (χ1v) is 8.40. The summed E-state index contributed by atoms with van der Waals surface area (Å²) >= 11 is 0. The van der Waals surface area contributed by atoms with Gasteiger partial charge in [0, 0.05) is 25.9 Å². The number of anilines is 1. The average molecular weight is 316 g/mol. The molecule has 1 aromatic carbocycles. The highest BCUT2D eigenvalue weighted by molar-refractivity contribution is 5.99. The molecule has 2 unspecified atom stereocenters. The fourth-order valence-electron chi connectivity index (χ4n) is 3.40. The first-order chi connectivity index (χ1) is 11.2. The molecular weight excluding hydrogens is 292 g/mol. The Balaban J connectivity index is 1.66. The van der Waals surface area contributed by atoms with Gasteiger partial charge in [-0.15, -0.1) is 0 Å². The van der Waals surface area contributed by atoms with Gasteiger partial charge in [-0.05, 0) is 37.8 Å². The molecule has 2 aliphatic rings. The van der Waals surface area contributed by atoms with Crippen LogP contribution in [0.5, 0.6) is 0 Å². The third-order valence-corrected chi connectivity index (χ3v) is 4.77. The maximum absolute atomic E-state index is 12.8. The number of piperidine rings is 1. The van der Waals surface area contributed by atoms with Crippen LogP contribution in [0.2, 0.25) is 0 Å². The van der Waals surface area contributed by atoms with Crippen LogP contribution in [0.3, 0.4) is 0 Å². The Morgan fingerprint density at radius 1 is 1.26 bits per heavy atom. The molecule has 0 aliphatic carbocycles. The summed E-state index contributed by atoms with van der Waals surface area (Å²) < 4.78 is 5.54. The highest BCUT2D eigenvalue weighted by Gasteiger charge is 2.35. The first-order valence-electron chi connectivity index (χ1n) is 8.40. The molecule has 2 aliphatic heterocycles. The van der Waals surface area contributed by atoms with Crippen molar-refractivity contribution in [3.63, 3.8) is 0 Å². The number of nitrogens with zero attached hydrogens (tertiary/aromatic N) is 2. The topological polar surface area (TPSA) is 49.9 Å².